The lowest BCUT2D eigenvalue weighted by Crippen LogP contribution is -2.27. The van der Waals surface area contributed by atoms with Gasteiger partial charge in [0.2, 0.25) is 5.91 Å². The van der Waals surface area contributed by atoms with Crippen LogP contribution in [-0.2, 0) is 16.0 Å². The molecule has 0 fully saturated rings. The molecule has 0 spiro atoms. The molecule has 1 amide bonds. The summed E-state index contributed by atoms with van der Waals surface area (Å²) in [7, 11) is 0. The van der Waals surface area contributed by atoms with Crippen LogP contribution in [0.3, 0.4) is 0 Å². The van der Waals surface area contributed by atoms with Crippen LogP contribution in [0.5, 0.6) is 0 Å². The van der Waals surface area contributed by atoms with Crippen molar-refractivity contribution in [1.29, 1.82) is 0 Å². The molecule has 0 bridgehead atoms. The molecule has 1 heterocycles. The Morgan fingerprint density at radius 1 is 1.19 bits per heavy atom. The molecule has 0 unspecified atom stereocenters. The fourth-order valence-electron chi connectivity index (χ4n) is 2.15. The lowest BCUT2D eigenvalue weighted by Gasteiger charge is -2.08. The number of esters is 1. The van der Waals surface area contributed by atoms with E-state index in [1.54, 1.807) is 19.1 Å². The van der Waals surface area contributed by atoms with Gasteiger partial charge in [-0.2, -0.15) is 0 Å². The van der Waals surface area contributed by atoms with Gasteiger partial charge in [-0.3, -0.25) is 4.79 Å². The average molecular weight is 380 g/mol. The van der Waals surface area contributed by atoms with Crippen LogP contribution in [0, 0.1) is 11.6 Å². The van der Waals surface area contributed by atoms with Crippen molar-refractivity contribution in [1.82, 2.24) is 10.3 Å². The van der Waals surface area contributed by atoms with Crippen LogP contribution in [-0.4, -0.2) is 35.8 Å². The molecule has 0 aliphatic rings. The van der Waals surface area contributed by atoms with E-state index in [1.165, 1.54) is 24.4 Å². The quantitative estimate of drug-likeness (QED) is 0.563. The van der Waals surface area contributed by atoms with Crippen molar-refractivity contribution < 1.29 is 23.1 Å². The van der Waals surface area contributed by atoms with Crippen molar-refractivity contribution in [2.75, 3.05) is 18.9 Å². The molecule has 1 N–H and O–H groups in total. The summed E-state index contributed by atoms with van der Waals surface area (Å²) in [5.74, 6) is -2.09. The summed E-state index contributed by atoms with van der Waals surface area (Å²) in [6.07, 6.45) is 1.57. The molecule has 0 saturated carbocycles. The zero-order valence-corrected chi connectivity index (χ0v) is 14.9. The van der Waals surface area contributed by atoms with E-state index in [2.05, 4.69) is 10.3 Å². The first-order chi connectivity index (χ1) is 12.5. The Bertz CT molecular complexity index is 767. The van der Waals surface area contributed by atoms with E-state index in [1.807, 2.05) is 0 Å². The van der Waals surface area contributed by atoms with Gasteiger partial charge in [0.25, 0.3) is 0 Å². The summed E-state index contributed by atoms with van der Waals surface area (Å²) in [5, 5.41) is 2.98. The second-order valence-corrected chi connectivity index (χ2v) is 6.13. The number of carbonyl (C=O) groups excluding carboxylic acids is 2. The maximum atomic E-state index is 13.5. The highest BCUT2D eigenvalue weighted by atomic mass is 32.2. The lowest BCUT2D eigenvalue weighted by atomic mass is 10.1. The van der Waals surface area contributed by atoms with E-state index in [4.69, 9.17) is 4.74 Å². The van der Waals surface area contributed by atoms with Gasteiger partial charge in [-0.25, -0.2) is 18.6 Å². The third-order valence-electron chi connectivity index (χ3n) is 3.37. The predicted molar refractivity (Wildman–Crippen MR) is 94.0 cm³/mol. The molecule has 1 aromatic heterocycles. The number of nitrogens with zero attached hydrogens (tertiary/aromatic N) is 1. The normalized spacial score (nSPS) is 10.4. The van der Waals surface area contributed by atoms with Crippen molar-refractivity contribution >= 4 is 23.6 Å². The van der Waals surface area contributed by atoms with Crippen LogP contribution in [0.15, 0.2) is 41.6 Å². The molecule has 0 aliphatic carbocycles. The minimum absolute atomic E-state index is 0.0170. The van der Waals surface area contributed by atoms with Crippen molar-refractivity contribution in [3.63, 3.8) is 0 Å². The highest BCUT2D eigenvalue weighted by Crippen LogP contribution is 2.20. The monoisotopic (exact) mass is 380 g/mol. The van der Waals surface area contributed by atoms with E-state index in [9.17, 15) is 18.4 Å². The van der Waals surface area contributed by atoms with E-state index in [0.717, 1.165) is 11.8 Å². The largest absolute Gasteiger partial charge is 0.462 e. The molecule has 26 heavy (non-hydrogen) atoms. The Balaban J connectivity index is 1.85. The summed E-state index contributed by atoms with van der Waals surface area (Å²) in [4.78, 5) is 27.9. The number of carbonyl (C=O) groups is 2. The zero-order chi connectivity index (χ0) is 18.9. The topological polar surface area (TPSA) is 68.3 Å². The van der Waals surface area contributed by atoms with Crippen molar-refractivity contribution in [2.45, 2.75) is 18.4 Å². The van der Waals surface area contributed by atoms with Gasteiger partial charge in [-0.15, -0.1) is 0 Å². The summed E-state index contributed by atoms with van der Waals surface area (Å²) >= 11 is 1.09. The number of aromatic nitrogens is 1. The second-order valence-electron chi connectivity index (χ2n) is 5.17. The first-order valence-electron chi connectivity index (χ1n) is 7.97. The molecule has 1 aromatic carbocycles. The number of thioether (sulfide) groups is 1. The van der Waals surface area contributed by atoms with Crippen molar-refractivity contribution in [3.8, 4) is 0 Å². The van der Waals surface area contributed by atoms with Gasteiger partial charge in [-0.05, 0) is 37.6 Å². The lowest BCUT2D eigenvalue weighted by molar-refractivity contribution is -0.118. The fourth-order valence-corrected chi connectivity index (χ4v) is 2.97. The van der Waals surface area contributed by atoms with Crippen LogP contribution >= 0.6 is 11.8 Å². The third kappa shape index (κ3) is 5.52. The molecule has 0 atom stereocenters. The van der Waals surface area contributed by atoms with E-state index >= 15 is 0 Å². The van der Waals surface area contributed by atoms with Gasteiger partial charge in [0, 0.05) is 18.3 Å². The van der Waals surface area contributed by atoms with Crippen LogP contribution in [0.4, 0.5) is 8.78 Å². The van der Waals surface area contributed by atoms with E-state index in [0.29, 0.717) is 10.6 Å². The number of ether oxygens (including phenoxy) is 1. The Morgan fingerprint density at radius 2 is 1.92 bits per heavy atom. The minimum Gasteiger partial charge on any atom is -0.462 e. The zero-order valence-electron chi connectivity index (χ0n) is 14.1. The number of hydrogen-bond acceptors (Lipinski definition) is 5. The predicted octanol–water partition coefficient (Wildman–Crippen LogP) is 2.99. The molecule has 138 valence electrons. The molecule has 5 nitrogen and oxygen atoms in total. The molecule has 0 radical (unpaired) electrons. The maximum Gasteiger partial charge on any atom is 0.340 e. The van der Waals surface area contributed by atoms with Crippen LogP contribution in [0.1, 0.15) is 22.8 Å². The Kier molecular flexibility index (Phi) is 7.53. The maximum absolute atomic E-state index is 13.5. The van der Waals surface area contributed by atoms with Crippen LogP contribution in [0.25, 0.3) is 0 Å². The van der Waals surface area contributed by atoms with Crippen LogP contribution < -0.4 is 5.32 Å². The number of amides is 1. The average Bonchev–Trinajstić information content (AvgIpc) is 2.63. The van der Waals surface area contributed by atoms with Gasteiger partial charge in [-0.1, -0.05) is 17.8 Å². The van der Waals surface area contributed by atoms with E-state index in [-0.39, 0.29) is 36.8 Å². The number of benzene rings is 1. The molecule has 2 rings (SSSR count). The Labute approximate surface area is 154 Å². The SMILES string of the molecule is CCOC(=O)c1cccnc1SCC(=O)NCCc1c(F)cccc1F. The number of rotatable bonds is 8. The smallest absolute Gasteiger partial charge is 0.340 e. The summed E-state index contributed by atoms with van der Waals surface area (Å²) in [6, 6.07) is 6.82. The van der Waals surface area contributed by atoms with Gasteiger partial charge >= 0.3 is 5.97 Å². The first kappa shape index (κ1) is 19.8. The Morgan fingerprint density at radius 3 is 2.62 bits per heavy atom. The summed E-state index contributed by atoms with van der Waals surface area (Å²) in [6.45, 7) is 2.04. The standard InChI is InChI=1S/C18H18F2N2O3S/c1-2-25-18(24)13-5-4-9-22-17(13)26-11-16(23)21-10-8-12-14(19)6-3-7-15(12)20/h3-7,9H,2,8,10-11H2,1H3,(H,21,23). The van der Waals surface area contributed by atoms with Gasteiger partial charge in [0.05, 0.1) is 17.9 Å². The number of nitrogens with one attached hydrogen (secondary N) is 1. The third-order valence-corrected chi connectivity index (χ3v) is 4.37. The highest BCUT2D eigenvalue weighted by molar-refractivity contribution is 8.00. The number of pyridine rings is 1. The van der Waals surface area contributed by atoms with E-state index < -0.39 is 17.6 Å². The van der Waals surface area contributed by atoms with Gasteiger partial charge < -0.3 is 10.1 Å². The van der Waals surface area contributed by atoms with Crippen molar-refractivity contribution in [3.05, 3.63) is 59.3 Å². The fraction of sp³-hybridized carbons (Fsp3) is 0.278. The molecule has 0 saturated heterocycles. The molecular weight excluding hydrogens is 362 g/mol. The number of halogens is 2. The summed E-state index contributed by atoms with van der Waals surface area (Å²) < 4.78 is 32.0. The molecule has 2 aromatic rings. The Hall–Kier alpha value is -2.48. The van der Waals surface area contributed by atoms with Crippen molar-refractivity contribution in [2.24, 2.45) is 0 Å². The van der Waals surface area contributed by atoms with Gasteiger partial charge in [0.15, 0.2) is 0 Å². The number of hydrogen-bond donors (Lipinski definition) is 1. The molecular formula is C18H18F2N2O3S. The minimum atomic E-state index is -0.638. The first-order valence-corrected chi connectivity index (χ1v) is 8.96. The van der Waals surface area contributed by atoms with Crippen LogP contribution in [0.2, 0.25) is 0 Å². The van der Waals surface area contributed by atoms with Gasteiger partial charge in [0.1, 0.15) is 16.7 Å². The molecule has 0 aliphatic heterocycles. The highest BCUT2D eigenvalue weighted by Gasteiger charge is 2.15. The second kappa shape index (κ2) is 9.86. The molecule has 8 heteroatoms. The summed E-state index contributed by atoms with van der Waals surface area (Å²) in [5.41, 5.74) is 0.232.